The third-order valence-electron chi connectivity index (χ3n) is 4.84. The largest absolute Gasteiger partial charge is 0.361 e. The summed E-state index contributed by atoms with van der Waals surface area (Å²) < 4.78 is 0. The maximum atomic E-state index is 12.6. The van der Waals surface area contributed by atoms with E-state index in [1.54, 1.807) is 37.3 Å². The van der Waals surface area contributed by atoms with E-state index in [1.807, 2.05) is 37.3 Å². The summed E-state index contributed by atoms with van der Waals surface area (Å²) in [5.41, 5.74) is 2.85. The monoisotopic (exact) mass is 391 g/mol. The molecule has 0 bridgehead atoms. The molecule has 0 spiro atoms. The second-order valence-electron chi connectivity index (χ2n) is 6.77. The van der Waals surface area contributed by atoms with Crippen molar-refractivity contribution in [3.05, 3.63) is 66.0 Å². The van der Waals surface area contributed by atoms with Crippen LogP contribution in [0.5, 0.6) is 0 Å². The van der Waals surface area contributed by atoms with Crippen LogP contribution in [0.2, 0.25) is 0 Å². The quantitative estimate of drug-likeness (QED) is 0.540. The Morgan fingerprint density at radius 3 is 2.72 bits per heavy atom. The Morgan fingerprint density at radius 2 is 2.03 bits per heavy atom. The summed E-state index contributed by atoms with van der Waals surface area (Å²) in [5, 5.41) is 6.58. The summed E-state index contributed by atoms with van der Waals surface area (Å²) >= 11 is 0. The minimum atomic E-state index is -0.117. The van der Waals surface area contributed by atoms with E-state index in [1.165, 1.54) is 6.08 Å². The van der Waals surface area contributed by atoms with Crippen LogP contribution >= 0.6 is 0 Å². The van der Waals surface area contributed by atoms with Crippen molar-refractivity contribution in [1.82, 2.24) is 20.2 Å². The first-order valence-corrected chi connectivity index (χ1v) is 9.41. The Morgan fingerprint density at radius 1 is 1.24 bits per heavy atom. The van der Waals surface area contributed by atoms with E-state index in [9.17, 15) is 9.59 Å². The highest BCUT2D eigenvalue weighted by Gasteiger charge is 2.17. The predicted octanol–water partition coefficient (Wildman–Crippen LogP) is 2.95. The highest BCUT2D eigenvalue weighted by molar-refractivity contribution is 5.92. The second-order valence-corrected chi connectivity index (χ2v) is 6.77. The van der Waals surface area contributed by atoms with Gasteiger partial charge in [-0.3, -0.25) is 9.59 Å². The molecule has 1 aromatic carbocycles. The Kier molecular flexibility index (Phi) is 6.29. The van der Waals surface area contributed by atoms with Crippen molar-refractivity contribution in [1.29, 1.82) is 0 Å². The van der Waals surface area contributed by atoms with Gasteiger partial charge in [0.25, 0.3) is 0 Å². The van der Waals surface area contributed by atoms with Crippen molar-refractivity contribution < 1.29 is 9.59 Å². The first-order chi connectivity index (χ1) is 14.0. The van der Waals surface area contributed by atoms with Gasteiger partial charge in [-0.25, -0.2) is 4.98 Å². The normalized spacial score (nSPS) is 12.1. The summed E-state index contributed by atoms with van der Waals surface area (Å²) in [6.45, 7) is 2.15. The molecule has 0 aliphatic rings. The molecule has 0 saturated heterocycles. The molecule has 0 saturated carbocycles. The molecule has 1 unspecified atom stereocenters. The number of fused-ring (bicyclic) bond motifs is 1. The van der Waals surface area contributed by atoms with E-state index < -0.39 is 0 Å². The predicted molar refractivity (Wildman–Crippen MR) is 115 cm³/mol. The third kappa shape index (κ3) is 5.01. The second kappa shape index (κ2) is 9.05. The molecule has 7 heteroatoms. The van der Waals surface area contributed by atoms with Gasteiger partial charge >= 0.3 is 0 Å². The van der Waals surface area contributed by atoms with E-state index in [4.69, 9.17) is 0 Å². The van der Waals surface area contributed by atoms with Crippen molar-refractivity contribution in [2.75, 3.05) is 26.0 Å². The molecule has 2 aromatic heterocycles. The number of hydrogen-bond donors (Lipinski definition) is 3. The number of amides is 2. The van der Waals surface area contributed by atoms with Crippen LogP contribution in [0.4, 0.5) is 5.82 Å². The molecule has 29 heavy (non-hydrogen) atoms. The summed E-state index contributed by atoms with van der Waals surface area (Å²) in [5.74, 6) is 0.382. The average molecular weight is 391 g/mol. The fourth-order valence-electron chi connectivity index (χ4n) is 2.87. The maximum Gasteiger partial charge on any atom is 0.246 e. The van der Waals surface area contributed by atoms with Gasteiger partial charge in [0.2, 0.25) is 11.8 Å². The fraction of sp³-hybridized carbons (Fsp3) is 0.227. The van der Waals surface area contributed by atoms with Gasteiger partial charge < -0.3 is 20.5 Å². The number of likely N-dealkylation sites (N-methyl/N-ethyl adjacent to an activating group) is 2. The number of carbonyl (C=O) groups is 2. The van der Waals surface area contributed by atoms with Crippen molar-refractivity contribution in [3.63, 3.8) is 0 Å². The van der Waals surface area contributed by atoms with Gasteiger partial charge in [-0.2, -0.15) is 0 Å². The van der Waals surface area contributed by atoms with Crippen LogP contribution in [0.1, 0.15) is 24.2 Å². The number of nitrogens with one attached hydrogen (secondary N) is 3. The molecular formula is C22H25N5O2. The number of H-pyrrole nitrogens is 1. The number of aromatic amines is 1. The summed E-state index contributed by atoms with van der Waals surface area (Å²) in [7, 11) is 3.37. The van der Waals surface area contributed by atoms with Crippen LogP contribution in [0, 0.1) is 0 Å². The zero-order valence-corrected chi connectivity index (χ0v) is 16.8. The fourth-order valence-corrected chi connectivity index (χ4v) is 2.87. The SMILES string of the molecule is CNC(=O)CNc1ccc(/C=C/C(=O)N(C)C(C)c2cc3ccccc3[nH]2)cn1. The van der Waals surface area contributed by atoms with Crippen molar-refractivity contribution in [3.8, 4) is 0 Å². The summed E-state index contributed by atoms with van der Waals surface area (Å²) in [6.07, 6.45) is 4.91. The van der Waals surface area contributed by atoms with E-state index in [0.29, 0.717) is 5.82 Å². The van der Waals surface area contributed by atoms with Crippen molar-refractivity contribution in [2.45, 2.75) is 13.0 Å². The van der Waals surface area contributed by atoms with Crippen molar-refractivity contribution in [2.24, 2.45) is 0 Å². The lowest BCUT2D eigenvalue weighted by Gasteiger charge is -2.22. The lowest BCUT2D eigenvalue weighted by molar-refractivity contribution is -0.126. The van der Waals surface area contributed by atoms with Crippen LogP contribution in [-0.2, 0) is 9.59 Å². The van der Waals surface area contributed by atoms with E-state index in [0.717, 1.165) is 22.2 Å². The van der Waals surface area contributed by atoms with Gasteiger partial charge in [-0.15, -0.1) is 0 Å². The van der Waals surface area contributed by atoms with Gasteiger partial charge in [-0.1, -0.05) is 18.2 Å². The highest BCUT2D eigenvalue weighted by Crippen LogP contribution is 2.23. The lowest BCUT2D eigenvalue weighted by Crippen LogP contribution is -2.28. The van der Waals surface area contributed by atoms with Gasteiger partial charge in [-0.05, 0) is 48.2 Å². The number of nitrogens with zero attached hydrogens (tertiary/aromatic N) is 2. The zero-order valence-electron chi connectivity index (χ0n) is 16.8. The molecule has 0 fully saturated rings. The number of benzene rings is 1. The Balaban J connectivity index is 1.61. The van der Waals surface area contributed by atoms with Crippen LogP contribution in [0.25, 0.3) is 17.0 Å². The molecular weight excluding hydrogens is 366 g/mol. The smallest absolute Gasteiger partial charge is 0.246 e. The van der Waals surface area contributed by atoms with Gasteiger partial charge in [0.05, 0.1) is 12.6 Å². The molecule has 0 radical (unpaired) electrons. The summed E-state index contributed by atoms with van der Waals surface area (Å²) in [6, 6.07) is 13.6. The first-order valence-electron chi connectivity index (χ1n) is 9.41. The average Bonchev–Trinajstić information content (AvgIpc) is 3.19. The third-order valence-corrected chi connectivity index (χ3v) is 4.84. The topological polar surface area (TPSA) is 90.1 Å². The number of aromatic nitrogens is 2. The molecule has 7 nitrogen and oxygen atoms in total. The molecule has 150 valence electrons. The molecule has 3 rings (SSSR count). The van der Waals surface area contributed by atoms with Crippen LogP contribution in [0.15, 0.2) is 54.7 Å². The molecule has 3 N–H and O–H groups in total. The van der Waals surface area contributed by atoms with Gasteiger partial charge in [0, 0.05) is 37.6 Å². The van der Waals surface area contributed by atoms with Gasteiger partial charge in [0.15, 0.2) is 0 Å². The minimum Gasteiger partial charge on any atom is -0.361 e. The van der Waals surface area contributed by atoms with Crippen molar-refractivity contribution >= 4 is 34.6 Å². The number of rotatable bonds is 7. The lowest BCUT2D eigenvalue weighted by atomic mass is 10.2. The molecule has 1 atom stereocenters. The number of anilines is 1. The molecule has 3 aromatic rings. The summed E-state index contributed by atoms with van der Waals surface area (Å²) in [4.78, 5) is 33.1. The molecule has 2 heterocycles. The number of carbonyl (C=O) groups excluding carboxylic acids is 2. The molecule has 0 aliphatic heterocycles. The van der Waals surface area contributed by atoms with Crippen LogP contribution < -0.4 is 10.6 Å². The Hall–Kier alpha value is -3.61. The van der Waals surface area contributed by atoms with E-state index >= 15 is 0 Å². The Labute approximate surface area is 169 Å². The molecule has 0 aliphatic carbocycles. The Bertz CT molecular complexity index is 990. The van der Waals surface area contributed by atoms with Crippen LogP contribution in [-0.4, -0.2) is 47.3 Å². The van der Waals surface area contributed by atoms with Crippen LogP contribution in [0.3, 0.4) is 0 Å². The first kappa shape index (κ1) is 20.1. The van der Waals surface area contributed by atoms with E-state index in [-0.39, 0.29) is 24.4 Å². The standard InChI is InChI=1S/C22H25N5O2/c1-15(19-12-17-6-4-5-7-18(17)26-19)27(3)22(29)11-9-16-8-10-20(24-13-16)25-14-21(28)23-2/h4-13,15,26H,14H2,1-3H3,(H,23,28)(H,24,25)/b11-9+. The zero-order chi connectivity index (χ0) is 20.8. The maximum absolute atomic E-state index is 12.6. The highest BCUT2D eigenvalue weighted by atomic mass is 16.2. The number of para-hydroxylation sites is 1. The number of pyridine rings is 1. The molecule has 2 amide bonds. The van der Waals surface area contributed by atoms with E-state index in [2.05, 4.69) is 26.7 Å². The minimum absolute atomic E-state index is 0.0889. The van der Waals surface area contributed by atoms with Gasteiger partial charge in [0.1, 0.15) is 5.82 Å². The number of hydrogen-bond acceptors (Lipinski definition) is 4.